The third kappa shape index (κ3) is 8.24. The van der Waals surface area contributed by atoms with Crippen molar-refractivity contribution in [2.45, 2.75) is 19.3 Å². The summed E-state index contributed by atoms with van der Waals surface area (Å²) in [5, 5.41) is 37.3. The maximum absolute atomic E-state index is 11.7. The van der Waals surface area contributed by atoms with Crippen molar-refractivity contribution in [1.82, 2.24) is 9.97 Å². The molecule has 25 nitrogen and oxygen atoms in total. The number of amidine groups is 10. The predicted molar refractivity (Wildman–Crippen MR) is 335 cm³/mol. The van der Waals surface area contributed by atoms with Gasteiger partial charge in [0.05, 0.1) is 14.8 Å². The average Bonchev–Trinajstić information content (AvgIpc) is 1.65. The summed E-state index contributed by atoms with van der Waals surface area (Å²) in [7, 11) is 0. The van der Waals surface area contributed by atoms with E-state index < -0.39 is 27.1 Å². The molecule has 8 aliphatic heterocycles. The van der Waals surface area contributed by atoms with Gasteiger partial charge in [0.1, 0.15) is 22.0 Å². The normalized spacial score (nSPS) is 17.1. The van der Waals surface area contributed by atoms with E-state index >= 15 is 0 Å². The van der Waals surface area contributed by atoms with E-state index in [4.69, 9.17) is 69.9 Å². The fourth-order valence-corrected chi connectivity index (χ4v) is 11.9. The first-order chi connectivity index (χ1) is 43.9. The molecule has 0 spiro atoms. The molecule has 0 aliphatic carbocycles. The fourth-order valence-electron chi connectivity index (χ4n) is 11.9. The number of non-ortho nitro benzene ring substituents is 3. The van der Waals surface area contributed by atoms with Crippen LogP contribution in [0.15, 0.2) is 240 Å². The number of nitrogens with one attached hydrogen (secondary N) is 2. The van der Waals surface area contributed by atoms with Gasteiger partial charge in [-0.15, -0.1) is 0 Å². The number of hydrogen-bond acceptors (Lipinski definition) is 20. The monoisotopic (exact) mass is 1180 g/mol. The summed E-state index contributed by atoms with van der Waals surface area (Å²) in [6, 6.07) is 50.3. The van der Waals surface area contributed by atoms with Crippen LogP contribution in [0.2, 0.25) is 0 Å². The second kappa shape index (κ2) is 19.5. The first-order valence-corrected chi connectivity index (χ1v) is 28.0. The van der Waals surface area contributed by atoms with E-state index in [2.05, 4.69) is 9.97 Å². The van der Waals surface area contributed by atoms with Crippen molar-refractivity contribution in [3.05, 3.63) is 294 Å². The summed E-state index contributed by atoms with van der Waals surface area (Å²) in [5.41, 5.74) is 11.3. The average molecular weight is 1180 g/mol. The zero-order chi connectivity index (χ0) is 60.6. The van der Waals surface area contributed by atoms with E-state index in [9.17, 15) is 30.3 Å². The number of nitro benzene ring substituents is 3. The molecule has 18 rings (SSSR count). The van der Waals surface area contributed by atoms with Gasteiger partial charge >= 0.3 is 0 Å². The maximum atomic E-state index is 11.7. The summed E-state index contributed by atoms with van der Waals surface area (Å²) in [5.74, 6) is 4.11. The van der Waals surface area contributed by atoms with E-state index in [1.54, 1.807) is 18.2 Å². The number of nitrogens with zero attached hydrogens (tertiary/aromatic N) is 17. The van der Waals surface area contributed by atoms with E-state index in [0.29, 0.717) is 95.8 Å². The summed E-state index contributed by atoms with van der Waals surface area (Å²) in [4.78, 5) is 109. The Morgan fingerprint density at radius 2 is 0.600 bits per heavy atom. The van der Waals surface area contributed by atoms with Crippen LogP contribution in [0.25, 0.3) is 21.5 Å². The third-order valence-electron chi connectivity index (χ3n) is 16.2. The van der Waals surface area contributed by atoms with Gasteiger partial charge in [0, 0.05) is 125 Å². The van der Waals surface area contributed by atoms with Crippen LogP contribution >= 0.6 is 0 Å². The second-order valence-electron chi connectivity index (χ2n) is 21.5. The van der Waals surface area contributed by atoms with Crippen molar-refractivity contribution < 1.29 is 14.8 Å². The number of rotatable bonds is 3. The minimum absolute atomic E-state index is 0.0531. The summed E-state index contributed by atoms with van der Waals surface area (Å²) >= 11 is 0. The van der Waals surface area contributed by atoms with Gasteiger partial charge in [-0.25, -0.2) is 69.9 Å². The van der Waals surface area contributed by atoms with E-state index in [0.717, 1.165) is 61.2 Å². The number of fused-ring (bicyclic) bond motifs is 34. The molecule has 10 aromatic rings. The molecular formula is C65H35N19O6. The van der Waals surface area contributed by atoms with Crippen molar-refractivity contribution in [3.63, 3.8) is 0 Å². The van der Waals surface area contributed by atoms with Crippen LogP contribution in [-0.2, 0) is 0 Å². The smallest absolute Gasteiger partial charge is 0.270 e. The molecule has 2 aromatic heterocycles. The lowest BCUT2D eigenvalue weighted by Gasteiger charge is -2.05. The Kier molecular flexibility index (Phi) is 11.1. The number of benzene rings is 8. The lowest BCUT2D eigenvalue weighted by atomic mass is 10.0. The molecule has 2 unspecified atom stereocenters. The highest BCUT2D eigenvalue weighted by Gasteiger charge is 2.34. The Hall–Kier alpha value is -13.1. The maximum Gasteiger partial charge on any atom is 0.270 e. The Bertz CT molecular complexity index is 5700. The molecule has 0 radical (unpaired) electrons. The largest absolute Gasteiger partial charge is 0.324 e. The fraction of sp³-hybridized carbons (Fsp3) is 0.0462. The van der Waals surface area contributed by atoms with Crippen LogP contribution in [0.4, 0.5) is 17.1 Å². The topological polar surface area (TPSA) is 334 Å². The van der Waals surface area contributed by atoms with Crippen molar-refractivity contribution in [3.8, 4) is 0 Å². The van der Waals surface area contributed by atoms with Gasteiger partial charge in [0.2, 0.25) is 0 Å². The first kappa shape index (κ1) is 51.4. The van der Waals surface area contributed by atoms with Crippen LogP contribution in [0, 0.1) is 37.3 Å². The first-order valence-electron chi connectivity index (χ1n) is 28.0. The summed E-state index contributed by atoms with van der Waals surface area (Å²) < 4.78 is 0. The van der Waals surface area contributed by atoms with Gasteiger partial charge in [-0.3, -0.25) is 30.3 Å². The Balaban J connectivity index is 0.000000139. The summed E-state index contributed by atoms with van der Waals surface area (Å²) in [6.07, 6.45) is -1.25. The predicted octanol–water partition coefficient (Wildman–Crippen LogP) is 8.62. The standard InChI is InChI=1S/C33H19N9O2.C32H16N10O4/c1-16-10-12-22-24(14-16)32-39-30(22)37-28-19-7-3-2-6-18(19)26(35-28)34-27-20-8-4-5-9-21(20)29(36-27)38-33-25-15-17(42(43)44)11-13-23(25)31(40-32)41-33;43-41(44)15-9-11-21-23(13-15)31-38-29(21)36-27-19-7-3-1-5-17(19)25(34-27)33-26-18-6-2-4-8-20(18)28(35-26)37-30-22-12-10-16(42(45)46)14-24(22)32(39-30)40-31/h2-15,28H,1H3,(H,34,35,36,37,38,39,40,41);1-14,27H,(H,33,34,35,36,37,38,39,40). The number of H-pyrrole nitrogens is 2. The Morgan fingerprint density at radius 1 is 0.300 bits per heavy atom. The van der Waals surface area contributed by atoms with Gasteiger partial charge in [-0.05, 0) is 31.2 Å². The molecule has 0 fully saturated rings. The molecule has 0 saturated carbocycles. The number of nitro groups is 3. The molecule has 2 atom stereocenters. The van der Waals surface area contributed by atoms with Crippen molar-refractivity contribution >= 4 is 97.0 Å². The van der Waals surface area contributed by atoms with Crippen LogP contribution in [0.1, 0.15) is 84.7 Å². The molecular weight excluding hydrogens is 1140 g/mol. The number of aliphatic imine (C=N–C) groups is 10. The van der Waals surface area contributed by atoms with Gasteiger partial charge in [-0.1, -0.05) is 115 Å². The number of aromatic amines is 2. The van der Waals surface area contributed by atoms with Crippen molar-refractivity contribution in [1.29, 1.82) is 0 Å². The van der Waals surface area contributed by atoms with Crippen LogP contribution in [0.3, 0.4) is 0 Å². The third-order valence-corrected chi connectivity index (χ3v) is 16.2. The number of hydrogen-bond donors (Lipinski definition) is 2. The minimum Gasteiger partial charge on any atom is -0.324 e. The molecule has 8 aliphatic rings. The number of aromatic nitrogens is 2. The SMILES string of the molecule is Cc1ccc2c(c1)C1=NC2=NC2N=C(N=C3N=C(N=c4[nH]c(c5ccc([N+](=O)[O-])cc45)=N1)c1ccccc13)c1ccccc12.O=[N+]([O-])c1ccc2c(c1)C1=NC2=NC2N=C(N=C3N=C(N=c4[nH]c(c5cc([N+](=O)[O-])ccc45)=N1)c1ccccc13)c1ccccc12. The molecule has 0 saturated heterocycles. The summed E-state index contributed by atoms with van der Waals surface area (Å²) in [6.45, 7) is 2.01. The van der Waals surface area contributed by atoms with Gasteiger partial charge in [-0.2, -0.15) is 0 Å². The number of aryl methyl sites for hydroxylation is 1. The van der Waals surface area contributed by atoms with E-state index in [-0.39, 0.29) is 34.2 Å². The van der Waals surface area contributed by atoms with Crippen molar-refractivity contribution in [2.24, 2.45) is 69.9 Å². The van der Waals surface area contributed by atoms with Crippen LogP contribution < -0.4 is 22.0 Å². The minimum atomic E-state index is -0.699. The highest BCUT2D eigenvalue weighted by atomic mass is 16.6. The van der Waals surface area contributed by atoms with Gasteiger partial charge in [0.15, 0.2) is 70.7 Å². The van der Waals surface area contributed by atoms with Crippen molar-refractivity contribution in [2.75, 3.05) is 0 Å². The molecule has 2 N–H and O–H groups in total. The molecule has 16 bridgehead atoms. The van der Waals surface area contributed by atoms with E-state index in [1.165, 1.54) is 36.4 Å². The lowest BCUT2D eigenvalue weighted by molar-refractivity contribution is -0.385. The highest BCUT2D eigenvalue weighted by molar-refractivity contribution is 6.28. The van der Waals surface area contributed by atoms with Gasteiger partial charge in [0.25, 0.3) is 17.1 Å². The molecule has 8 aromatic carbocycles. The molecule has 0 amide bonds. The van der Waals surface area contributed by atoms with Crippen LogP contribution in [0.5, 0.6) is 0 Å². The lowest BCUT2D eigenvalue weighted by Crippen LogP contribution is -2.15. The van der Waals surface area contributed by atoms with E-state index in [1.807, 2.05) is 122 Å². The molecule has 90 heavy (non-hydrogen) atoms. The Morgan fingerprint density at radius 3 is 1.02 bits per heavy atom. The second-order valence-corrected chi connectivity index (χ2v) is 21.5. The molecule has 426 valence electrons. The highest BCUT2D eigenvalue weighted by Crippen LogP contribution is 2.37. The van der Waals surface area contributed by atoms with Gasteiger partial charge < -0.3 is 9.97 Å². The zero-order valence-electron chi connectivity index (χ0n) is 46.4. The quantitative estimate of drug-likeness (QED) is 0.129. The van der Waals surface area contributed by atoms with Crippen LogP contribution in [-0.4, -0.2) is 83.1 Å². The molecule has 10 heterocycles. The zero-order valence-corrected chi connectivity index (χ0v) is 46.4. The Labute approximate surface area is 503 Å². The molecule has 25 heteroatoms.